The number of nitrogens with zero attached hydrogens (tertiary/aromatic N) is 6. The van der Waals surface area contributed by atoms with E-state index in [1.807, 2.05) is 46.1 Å². The van der Waals surface area contributed by atoms with E-state index in [2.05, 4.69) is 76.9 Å². The number of rotatable bonds is 10. The van der Waals surface area contributed by atoms with E-state index in [1.54, 1.807) is 17.4 Å². The second kappa shape index (κ2) is 17.4. The van der Waals surface area contributed by atoms with Crippen LogP contribution in [0.2, 0.25) is 5.02 Å². The van der Waals surface area contributed by atoms with Crippen LogP contribution >= 0.6 is 27.5 Å². The lowest BCUT2D eigenvalue weighted by Crippen LogP contribution is -2.62. The standard InChI is InChI=1S/C43H52BrClN6O3/c1-29(2)36-14-10-30(3)22-39(36)54-43(53)51-21-20-49(41-37-15-13-35(45)24-32(37)11-12-33-23-34(44)25-47-40(33)41)27-38(51)42(52)50(26-31-8-5-4-6-9-31)18-7-17-48-19-16-46-28-48/h4-6,8-9,13,15-16,19,23-25,28-30,36,38-39,41H,7,10-12,14,17-18,20-22,26-27H2,1-3H3/t30-,36+,38+,39-,41-/m0/s1. The molecule has 2 aromatic heterocycles. The minimum atomic E-state index is -0.750. The van der Waals surface area contributed by atoms with Crippen molar-refractivity contribution >= 4 is 39.5 Å². The molecular formula is C43H52BrClN6O3. The van der Waals surface area contributed by atoms with Crippen LogP contribution in [0.25, 0.3) is 0 Å². The fourth-order valence-electron chi connectivity index (χ4n) is 8.84. The third-order valence-corrected chi connectivity index (χ3v) is 12.4. The normalized spacial score (nSPS) is 23.0. The quantitative estimate of drug-likeness (QED) is 0.160. The minimum Gasteiger partial charge on any atom is -0.446 e. The smallest absolute Gasteiger partial charge is 0.410 e. The van der Waals surface area contributed by atoms with Crippen LogP contribution in [0.5, 0.6) is 0 Å². The van der Waals surface area contributed by atoms with Gasteiger partial charge >= 0.3 is 6.09 Å². The average Bonchev–Trinajstić information content (AvgIpc) is 3.63. The number of amides is 2. The van der Waals surface area contributed by atoms with Crippen molar-refractivity contribution in [3.63, 3.8) is 0 Å². The number of piperazine rings is 1. The van der Waals surface area contributed by atoms with Gasteiger partial charge in [0.25, 0.3) is 0 Å². The molecule has 1 saturated carbocycles. The van der Waals surface area contributed by atoms with Crippen molar-refractivity contribution in [3.05, 3.63) is 117 Å². The van der Waals surface area contributed by atoms with Crippen LogP contribution in [0.1, 0.15) is 80.4 Å². The number of carbonyl (C=O) groups is 2. The third-order valence-electron chi connectivity index (χ3n) is 11.7. The first-order chi connectivity index (χ1) is 26.1. The van der Waals surface area contributed by atoms with Gasteiger partial charge in [-0.3, -0.25) is 19.6 Å². The van der Waals surface area contributed by atoms with E-state index in [0.29, 0.717) is 55.5 Å². The van der Waals surface area contributed by atoms with Crippen LogP contribution in [0.15, 0.2) is 84.0 Å². The maximum absolute atomic E-state index is 15.2. The SMILES string of the molecule is CC(C)[C@H]1CC[C@H](C)C[C@@H]1OC(=O)N1CCN([C@H]2c3ccc(Cl)cc3CCc3cc(Br)cnc32)C[C@@H]1C(=O)N(CCCn1ccnc1)Cc1ccccc1. The number of pyridine rings is 1. The molecule has 0 N–H and O–H groups in total. The van der Waals surface area contributed by atoms with Gasteiger partial charge in [0, 0.05) is 67.4 Å². The summed E-state index contributed by atoms with van der Waals surface area (Å²) in [5, 5.41) is 0.706. The second-order valence-corrected chi connectivity index (χ2v) is 17.1. The summed E-state index contributed by atoms with van der Waals surface area (Å²) in [6, 6.07) is 17.5. The Morgan fingerprint density at radius 3 is 2.65 bits per heavy atom. The molecule has 0 bridgehead atoms. The molecule has 2 amide bonds. The lowest BCUT2D eigenvalue weighted by Gasteiger charge is -2.45. The van der Waals surface area contributed by atoms with Crippen molar-refractivity contribution in [2.45, 2.75) is 90.6 Å². The van der Waals surface area contributed by atoms with Crippen LogP contribution in [-0.2, 0) is 35.5 Å². The predicted octanol–water partition coefficient (Wildman–Crippen LogP) is 8.58. The lowest BCUT2D eigenvalue weighted by molar-refractivity contribution is -0.140. The van der Waals surface area contributed by atoms with Gasteiger partial charge in [0.05, 0.1) is 18.1 Å². The first-order valence-electron chi connectivity index (χ1n) is 19.6. The van der Waals surface area contributed by atoms with Crippen LogP contribution < -0.4 is 0 Å². The summed E-state index contributed by atoms with van der Waals surface area (Å²) >= 11 is 10.2. The molecular weight excluding hydrogens is 764 g/mol. The molecule has 3 heterocycles. The molecule has 4 aromatic rings. The fraction of sp³-hybridized carbons (Fsp3) is 0.488. The maximum Gasteiger partial charge on any atom is 0.410 e. The molecule has 2 aliphatic carbocycles. The third kappa shape index (κ3) is 8.87. The number of benzene rings is 2. The molecule has 3 aliphatic rings. The van der Waals surface area contributed by atoms with Crippen molar-refractivity contribution in [1.82, 2.24) is 29.2 Å². The highest BCUT2D eigenvalue weighted by atomic mass is 79.9. The molecule has 2 fully saturated rings. The van der Waals surface area contributed by atoms with Crippen LogP contribution in [0.4, 0.5) is 4.79 Å². The Morgan fingerprint density at radius 1 is 1.06 bits per heavy atom. The van der Waals surface area contributed by atoms with Gasteiger partial charge in [-0.15, -0.1) is 0 Å². The van der Waals surface area contributed by atoms with Gasteiger partial charge in [0.1, 0.15) is 12.1 Å². The highest BCUT2D eigenvalue weighted by molar-refractivity contribution is 9.10. The topological polar surface area (TPSA) is 83.8 Å². The van der Waals surface area contributed by atoms with E-state index in [1.165, 1.54) is 11.1 Å². The Bertz CT molecular complexity index is 1840. The summed E-state index contributed by atoms with van der Waals surface area (Å²) in [5.74, 6) is 1.12. The zero-order chi connectivity index (χ0) is 37.8. The average molecular weight is 816 g/mol. The van der Waals surface area contributed by atoms with E-state index in [9.17, 15) is 4.79 Å². The Labute approximate surface area is 333 Å². The Morgan fingerprint density at radius 2 is 1.87 bits per heavy atom. The molecule has 0 radical (unpaired) electrons. The number of aromatic nitrogens is 3. The van der Waals surface area contributed by atoms with Gasteiger partial charge in [0.2, 0.25) is 5.91 Å². The molecule has 1 saturated heterocycles. The van der Waals surface area contributed by atoms with Crippen LogP contribution in [0.3, 0.4) is 0 Å². The zero-order valence-corrected chi connectivity index (χ0v) is 34.0. The molecule has 7 rings (SSSR count). The molecule has 54 heavy (non-hydrogen) atoms. The van der Waals surface area contributed by atoms with Gasteiger partial charge in [-0.05, 0) is 106 Å². The largest absolute Gasteiger partial charge is 0.446 e. The van der Waals surface area contributed by atoms with E-state index in [-0.39, 0.29) is 24.1 Å². The van der Waals surface area contributed by atoms with Gasteiger partial charge in [-0.2, -0.15) is 0 Å². The molecule has 286 valence electrons. The Hall–Kier alpha value is -3.73. The molecule has 2 aromatic carbocycles. The summed E-state index contributed by atoms with van der Waals surface area (Å²) in [6.45, 7) is 9.68. The lowest BCUT2D eigenvalue weighted by atomic mass is 9.75. The van der Waals surface area contributed by atoms with Crippen LogP contribution in [-0.4, -0.2) is 79.6 Å². The number of halogens is 2. The summed E-state index contributed by atoms with van der Waals surface area (Å²) in [6.07, 6.45) is 12.3. The summed E-state index contributed by atoms with van der Waals surface area (Å²) in [7, 11) is 0. The molecule has 1 aliphatic heterocycles. The summed E-state index contributed by atoms with van der Waals surface area (Å²) in [4.78, 5) is 44.9. The van der Waals surface area contributed by atoms with E-state index in [4.69, 9.17) is 21.3 Å². The zero-order valence-electron chi connectivity index (χ0n) is 31.6. The number of aryl methyl sites for hydroxylation is 3. The number of fused-ring (bicyclic) bond motifs is 2. The van der Waals surface area contributed by atoms with Gasteiger partial charge < -0.3 is 14.2 Å². The molecule has 5 atom stereocenters. The van der Waals surface area contributed by atoms with E-state index < -0.39 is 6.04 Å². The Balaban J connectivity index is 1.23. The fourth-order valence-corrected chi connectivity index (χ4v) is 9.42. The number of carbonyl (C=O) groups excluding carboxylic acids is 2. The van der Waals surface area contributed by atoms with Gasteiger partial charge in [0.15, 0.2) is 0 Å². The Kier molecular flexibility index (Phi) is 12.4. The maximum atomic E-state index is 15.2. The van der Waals surface area contributed by atoms with Crippen molar-refractivity contribution < 1.29 is 14.3 Å². The number of ether oxygens (including phenoxy) is 1. The van der Waals surface area contributed by atoms with E-state index in [0.717, 1.165) is 66.4 Å². The van der Waals surface area contributed by atoms with E-state index >= 15 is 4.79 Å². The number of hydrogen-bond acceptors (Lipinski definition) is 6. The first kappa shape index (κ1) is 38.5. The summed E-state index contributed by atoms with van der Waals surface area (Å²) < 4.78 is 9.45. The highest BCUT2D eigenvalue weighted by Crippen LogP contribution is 2.40. The van der Waals surface area contributed by atoms with Crippen molar-refractivity contribution in [2.75, 3.05) is 26.2 Å². The van der Waals surface area contributed by atoms with Crippen molar-refractivity contribution in [1.29, 1.82) is 0 Å². The second-order valence-electron chi connectivity index (χ2n) is 15.8. The molecule has 0 unspecified atom stereocenters. The van der Waals surface area contributed by atoms with Gasteiger partial charge in [-0.25, -0.2) is 9.78 Å². The highest BCUT2D eigenvalue weighted by Gasteiger charge is 2.44. The molecule has 0 spiro atoms. The summed E-state index contributed by atoms with van der Waals surface area (Å²) in [5.41, 5.74) is 5.53. The first-order valence-corrected chi connectivity index (χ1v) is 20.7. The van der Waals surface area contributed by atoms with Crippen molar-refractivity contribution in [3.8, 4) is 0 Å². The minimum absolute atomic E-state index is 0.0718. The predicted molar refractivity (Wildman–Crippen MR) is 215 cm³/mol. The van der Waals surface area contributed by atoms with Crippen LogP contribution in [0, 0.1) is 17.8 Å². The monoisotopic (exact) mass is 814 g/mol. The molecule has 9 nitrogen and oxygen atoms in total. The molecule has 11 heteroatoms. The van der Waals surface area contributed by atoms with Crippen molar-refractivity contribution in [2.24, 2.45) is 17.8 Å². The van der Waals surface area contributed by atoms with Gasteiger partial charge in [-0.1, -0.05) is 75.2 Å². The number of hydrogen-bond donors (Lipinski definition) is 0. The number of imidazole rings is 1.